The van der Waals surface area contributed by atoms with Crippen LogP contribution in [0.15, 0.2) is 6.20 Å². The molecule has 0 spiro atoms. The van der Waals surface area contributed by atoms with Crippen molar-refractivity contribution in [3.8, 4) is 0 Å². The van der Waals surface area contributed by atoms with Crippen molar-refractivity contribution in [1.82, 2.24) is 14.9 Å². The third-order valence-corrected chi connectivity index (χ3v) is 2.74. The molecule has 0 amide bonds. The van der Waals surface area contributed by atoms with Crippen LogP contribution >= 0.6 is 0 Å². The van der Waals surface area contributed by atoms with Crippen molar-refractivity contribution < 1.29 is 0 Å². The van der Waals surface area contributed by atoms with Gasteiger partial charge in [0.25, 0.3) is 0 Å². The zero-order valence-electron chi connectivity index (χ0n) is 9.67. The molecule has 1 aromatic rings. The number of rotatable bonds is 5. The number of nitrogens with one attached hydrogen (secondary N) is 1. The van der Waals surface area contributed by atoms with Crippen LogP contribution in [-0.2, 0) is 0 Å². The fraction of sp³-hybridized carbons (Fsp3) is 0.727. The highest BCUT2D eigenvalue weighted by atomic mass is 15.1. The van der Waals surface area contributed by atoms with E-state index in [4.69, 9.17) is 0 Å². The van der Waals surface area contributed by atoms with Gasteiger partial charge in [-0.2, -0.15) is 0 Å². The van der Waals surface area contributed by atoms with Crippen LogP contribution in [0.25, 0.3) is 0 Å². The third kappa shape index (κ3) is 3.14. The third-order valence-electron chi connectivity index (χ3n) is 2.74. The highest BCUT2D eigenvalue weighted by Gasteiger charge is 2.08. The lowest BCUT2D eigenvalue weighted by Gasteiger charge is -2.16. The van der Waals surface area contributed by atoms with Gasteiger partial charge in [0.1, 0.15) is 5.82 Å². The number of nitrogens with zero attached hydrogens (tertiary/aromatic N) is 2. The Hall–Kier alpha value is -0.830. The Bertz CT molecular complexity index is 267. The maximum atomic E-state index is 4.22. The number of aromatic amines is 1. The van der Waals surface area contributed by atoms with Crippen molar-refractivity contribution >= 4 is 0 Å². The zero-order valence-corrected chi connectivity index (χ0v) is 9.67. The van der Waals surface area contributed by atoms with Crippen molar-refractivity contribution in [3.05, 3.63) is 17.7 Å². The summed E-state index contributed by atoms with van der Waals surface area (Å²) in [6.07, 6.45) is 3.14. The van der Waals surface area contributed by atoms with E-state index in [1.165, 1.54) is 12.1 Å². The van der Waals surface area contributed by atoms with Crippen molar-refractivity contribution in [1.29, 1.82) is 0 Å². The number of aryl methyl sites for hydroxylation is 1. The predicted molar refractivity (Wildman–Crippen MR) is 59.5 cm³/mol. The Kier molecular flexibility index (Phi) is 4.14. The van der Waals surface area contributed by atoms with Crippen LogP contribution in [0.2, 0.25) is 0 Å². The van der Waals surface area contributed by atoms with E-state index in [2.05, 4.69) is 35.8 Å². The number of hydrogen-bond donors (Lipinski definition) is 1. The number of imidazole rings is 1. The molecule has 1 unspecified atom stereocenters. The van der Waals surface area contributed by atoms with Crippen LogP contribution in [0, 0.1) is 6.92 Å². The average Bonchev–Trinajstić information content (AvgIpc) is 2.60. The van der Waals surface area contributed by atoms with E-state index in [0.29, 0.717) is 5.92 Å². The zero-order chi connectivity index (χ0) is 10.6. The van der Waals surface area contributed by atoms with E-state index in [1.54, 1.807) is 0 Å². The van der Waals surface area contributed by atoms with Crippen LogP contribution in [-0.4, -0.2) is 35.0 Å². The van der Waals surface area contributed by atoms with Crippen LogP contribution in [0.5, 0.6) is 0 Å². The monoisotopic (exact) mass is 195 g/mol. The molecule has 3 nitrogen and oxygen atoms in total. The van der Waals surface area contributed by atoms with E-state index in [9.17, 15) is 0 Å². The topological polar surface area (TPSA) is 31.9 Å². The summed E-state index contributed by atoms with van der Waals surface area (Å²) in [5, 5.41) is 0. The highest BCUT2D eigenvalue weighted by molar-refractivity contribution is 5.05. The number of H-pyrrole nitrogens is 1. The minimum absolute atomic E-state index is 0.574. The molecule has 14 heavy (non-hydrogen) atoms. The number of hydrogen-bond acceptors (Lipinski definition) is 2. The smallest absolute Gasteiger partial charge is 0.103 e. The van der Waals surface area contributed by atoms with E-state index in [1.807, 2.05) is 13.1 Å². The first kappa shape index (κ1) is 11.2. The normalized spacial score (nSPS) is 13.5. The molecule has 0 saturated carbocycles. The summed E-state index contributed by atoms with van der Waals surface area (Å²) in [4.78, 5) is 9.84. The second-order valence-electron chi connectivity index (χ2n) is 4.01. The first-order valence-electron chi connectivity index (χ1n) is 5.33. The molecule has 3 heteroatoms. The Morgan fingerprint density at radius 3 is 2.79 bits per heavy atom. The van der Waals surface area contributed by atoms with Gasteiger partial charge in [-0.1, -0.05) is 13.8 Å². The first-order valence-corrected chi connectivity index (χ1v) is 5.33. The predicted octanol–water partition coefficient (Wildman–Crippen LogP) is 2.16. The molecule has 80 valence electrons. The van der Waals surface area contributed by atoms with Gasteiger partial charge in [-0.05, 0) is 39.4 Å². The highest BCUT2D eigenvalue weighted by Crippen LogP contribution is 2.16. The molecule has 1 N–H and O–H groups in total. The van der Waals surface area contributed by atoms with Crippen molar-refractivity contribution in [3.63, 3.8) is 0 Å². The van der Waals surface area contributed by atoms with Gasteiger partial charge in [0.05, 0.1) is 0 Å². The maximum Gasteiger partial charge on any atom is 0.103 e. The molecule has 0 fully saturated rings. The minimum Gasteiger partial charge on any atom is -0.346 e. The summed E-state index contributed by atoms with van der Waals surface area (Å²) in [5.74, 6) is 1.58. The molecule has 0 aliphatic carbocycles. The summed E-state index contributed by atoms with van der Waals surface area (Å²) >= 11 is 0. The summed E-state index contributed by atoms with van der Waals surface area (Å²) in [7, 11) is 2.16. The summed E-state index contributed by atoms with van der Waals surface area (Å²) in [6.45, 7) is 8.69. The Morgan fingerprint density at radius 1 is 1.57 bits per heavy atom. The molecule has 0 aliphatic rings. The maximum absolute atomic E-state index is 4.22. The lowest BCUT2D eigenvalue weighted by molar-refractivity contribution is 0.336. The molecule has 1 rings (SSSR count). The van der Waals surface area contributed by atoms with Crippen LogP contribution in [0.4, 0.5) is 0 Å². The first-order chi connectivity index (χ1) is 6.63. The minimum atomic E-state index is 0.574. The van der Waals surface area contributed by atoms with Crippen molar-refractivity contribution in [2.45, 2.75) is 33.1 Å². The van der Waals surface area contributed by atoms with Crippen molar-refractivity contribution in [2.24, 2.45) is 0 Å². The van der Waals surface area contributed by atoms with Gasteiger partial charge in [-0.15, -0.1) is 0 Å². The molecule has 0 aromatic carbocycles. The van der Waals surface area contributed by atoms with Crippen molar-refractivity contribution in [2.75, 3.05) is 20.1 Å². The molecule has 0 aliphatic heterocycles. The summed E-state index contributed by atoms with van der Waals surface area (Å²) in [6, 6.07) is 0. The van der Waals surface area contributed by atoms with E-state index < -0.39 is 0 Å². The van der Waals surface area contributed by atoms with E-state index in [0.717, 1.165) is 18.9 Å². The number of aromatic nitrogens is 2. The van der Waals surface area contributed by atoms with Gasteiger partial charge in [0, 0.05) is 11.9 Å². The van der Waals surface area contributed by atoms with Gasteiger partial charge in [0.15, 0.2) is 0 Å². The molecule has 1 heterocycles. The lowest BCUT2D eigenvalue weighted by Crippen LogP contribution is -2.20. The quantitative estimate of drug-likeness (QED) is 0.780. The van der Waals surface area contributed by atoms with Gasteiger partial charge in [0.2, 0.25) is 0 Å². The standard InChI is InChI=1S/C11H21N3/c1-5-14(4)7-6-9(2)11-8-12-10(3)13-11/h8-9H,5-7H2,1-4H3,(H,12,13). The fourth-order valence-electron chi connectivity index (χ4n) is 1.42. The van der Waals surface area contributed by atoms with Crippen LogP contribution in [0.3, 0.4) is 0 Å². The summed E-state index contributed by atoms with van der Waals surface area (Å²) in [5.41, 5.74) is 1.26. The Morgan fingerprint density at radius 2 is 2.29 bits per heavy atom. The van der Waals surface area contributed by atoms with Gasteiger partial charge in [-0.25, -0.2) is 4.98 Å². The van der Waals surface area contributed by atoms with E-state index in [-0.39, 0.29) is 0 Å². The molecular weight excluding hydrogens is 174 g/mol. The largest absolute Gasteiger partial charge is 0.346 e. The van der Waals surface area contributed by atoms with E-state index >= 15 is 0 Å². The van der Waals surface area contributed by atoms with Gasteiger partial charge < -0.3 is 9.88 Å². The van der Waals surface area contributed by atoms with Gasteiger partial charge >= 0.3 is 0 Å². The summed E-state index contributed by atoms with van der Waals surface area (Å²) < 4.78 is 0. The molecule has 1 aromatic heterocycles. The SMILES string of the molecule is CCN(C)CCC(C)c1cnc(C)[nH]1. The fourth-order valence-corrected chi connectivity index (χ4v) is 1.42. The molecule has 0 radical (unpaired) electrons. The lowest BCUT2D eigenvalue weighted by atomic mass is 10.0. The Labute approximate surface area is 86.5 Å². The molecule has 1 atom stereocenters. The second-order valence-corrected chi connectivity index (χ2v) is 4.01. The van der Waals surface area contributed by atoms with Crippen LogP contribution < -0.4 is 0 Å². The molecular formula is C11H21N3. The Balaban J connectivity index is 2.39. The second kappa shape index (κ2) is 5.15. The van der Waals surface area contributed by atoms with Crippen LogP contribution in [0.1, 0.15) is 37.7 Å². The molecule has 0 saturated heterocycles. The average molecular weight is 195 g/mol. The van der Waals surface area contributed by atoms with Gasteiger partial charge in [-0.3, -0.25) is 0 Å². The molecule has 0 bridgehead atoms.